The quantitative estimate of drug-likeness (QED) is 0.653. The number of carbonyl (C=O) groups excluding carboxylic acids is 1. The molecule has 1 N–H and O–H groups in total. The van der Waals surface area contributed by atoms with E-state index in [-0.39, 0.29) is 11.8 Å². The van der Waals surface area contributed by atoms with Gasteiger partial charge in [0.1, 0.15) is 0 Å². The van der Waals surface area contributed by atoms with Crippen molar-refractivity contribution in [3.05, 3.63) is 0 Å². The van der Waals surface area contributed by atoms with Crippen molar-refractivity contribution in [1.82, 2.24) is 10.2 Å². The molecule has 1 rings (SSSR count). The highest BCUT2D eigenvalue weighted by molar-refractivity contribution is 5.78. The molecule has 0 unspecified atom stereocenters. The average Bonchev–Trinajstić information content (AvgIpc) is 2.35. The third-order valence-corrected chi connectivity index (χ3v) is 2.26. The number of amides is 1. The van der Waals surface area contributed by atoms with Gasteiger partial charge in [0, 0.05) is 18.5 Å². The Morgan fingerprint density at radius 2 is 2.25 bits per heavy atom. The molecular formula is C9H18N2O. The lowest BCUT2D eigenvalue weighted by Gasteiger charge is -2.14. The largest absolute Gasteiger partial charge is 0.352 e. The fourth-order valence-corrected chi connectivity index (χ4v) is 1.42. The molecule has 1 aliphatic rings. The van der Waals surface area contributed by atoms with Crippen molar-refractivity contribution in [2.75, 3.05) is 20.1 Å². The highest BCUT2D eigenvalue weighted by atomic mass is 16.1. The van der Waals surface area contributed by atoms with Crippen molar-refractivity contribution < 1.29 is 4.79 Å². The molecule has 0 aliphatic carbocycles. The van der Waals surface area contributed by atoms with Crippen LogP contribution in [-0.4, -0.2) is 37.0 Å². The number of hydrogen-bond donors (Lipinski definition) is 1. The predicted molar refractivity (Wildman–Crippen MR) is 48.9 cm³/mol. The third kappa shape index (κ3) is 2.48. The van der Waals surface area contributed by atoms with Gasteiger partial charge in [0.15, 0.2) is 0 Å². The standard InChI is InChI=1S/C9H18N2O/c1-7(2)9(12)10-8-4-5-11(3)6-8/h7-8H,4-6H2,1-3H3,(H,10,12)/t8-/m1/s1. The van der Waals surface area contributed by atoms with Crippen LogP contribution in [0.4, 0.5) is 0 Å². The van der Waals surface area contributed by atoms with Crippen LogP contribution in [0.2, 0.25) is 0 Å². The molecule has 0 radical (unpaired) electrons. The first kappa shape index (κ1) is 9.52. The normalized spacial score (nSPS) is 24.8. The summed E-state index contributed by atoms with van der Waals surface area (Å²) in [6.45, 7) is 5.95. The van der Waals surface area contributed by atoms with Crippen molar-refractivity contribution in [3.8, 4) is 0 Å². The molecule has 0 spiro atoms. The number of nitrogens with zero attached hydrogens (tertiary/aromatic N) is 1. The topological polar surface area (TPSA) is 32.3 Å². The van der Waals surface area contributed by atoms with Crippen LogP contribution in [0.3, 0.4) is 0 Å². The van der Waals surface area contributed by atoms with Crippen molar-refractivity contribution in [1.29, 1.82) is 0 Å². The number of carbonyl (C=O) groups is 1. The zero-order valence-electron chi connectivity index (χ0n) is 8.13. The van der Waals surface area contributed by atoms with Gasteiger partial charge in [0.05, 0.1) is 0 Å². The summed E-state index contributed by atoms with van der Waals surface area (Å²) in [7, 11) is 2.08. The molecule has 3 nitrogen and oxygen atoms in total. The summed E-state index contributed by atoms with van der Waals surface area (Å²) < 4.78 is 0. The van der Waals surface area contributed by atoms with E-state index >= 15 is 0 Å². The molecule has 0 saturated carbocycles. The minimum atomic E-state index is 0.107. The van der Waals surface area contributed by atoms with Gasteiger partial charge in [-0.25, -0.2) is 0 Å². The molecule has 0 aromatic rings. The number of likely N-dealkylation sites (N-methyl/N-ethyl adjacent to an activating group) is 1. The van der Waals surface area contributed by atoms with Crippen LogP contribution in [0.5, 0.6) is 0 Å². The van der Waals surface area contributed by atoms with Crippen LogP contribution in [-0.2, 0) is 4.79 Å². The van der Waals surface area contributed by atoms with E-state index in [9.17, 15) is 4.79 Å². The molecule has 1 aliphatic heterocycles. The molecular weight excluding hydrogens is 152 g/mol. The Balaban J connectivity index is 2.28. The lowest BCUT2D eigenvalue weighted by molar-refractivity contribution is -0.124. The van der Waals surface area contributed by atoms with Crippen LogP contribution in [0.1, 0.15) is 20.3 Å². The van der Waals surface area contributed by atoms with Gasteiger partial charge in [0.25, 0.3) is 0 Å². The first-order valence-corrected chi connectivity index (χ1v) is 4.58. The predicted octanol–water partition coefficient (Wildman–Crippen LogP) is 0.463. The van der Waals surface area contributed by atoms with E-state index in [1.165, 1.54) is 0 Å². The second kappa shape index (κ2) is 3.90. The third-order valence-electron chi connectivity index (χ3n) is 2.26. The van der Waals surface area contributed by atoms with Gasteiger partial charge in [0.2, 0.25) is 5.91 Å². The number of hydrogen-bond acceptors (Lipinski definition) is 2. The van der Waals surface area contributed by atoms with Gasteiger partial charge in [-0.3, -0.25) is 4.79 Å². The van der Waals surface area contributed by atoms with E-state index in [0.717, 1.165) is 19.5 Å². The Morgan fingerprint density at radius 3 is 2.67 bits per heavy atom. The molecule has 1 atom stereocenters. The van der Waals surface area contributed by atoms with Crippen LogP contribution in [0.15, 0.2) is 0 Å². The first-order chi connectivity index (χ1) is 5.59. The molecule has 3 heteroatoms. The summed E-state index contributed by atoms with van der Waals surface area (Å²) in [6.07, 6.45) is 1.09. The van der Waals surface area contributed by atoms with Crippen LogP contribution in [0, 0.1) is 5.92 Å². The Hall–Kier alpha value is -0.570. The minimum absolute atomic E-state index is 0.107. The van der Waals surface area contributed by atoms with Crippen molar-refractivity contribution in [2.24, 2.45) is 5.92 Å². The molecule has 12 heavy (non-hydrogen) atoms. The maximum absolute atomic E-state index is 11.3. The van der Waals surface area contributed by atoms with Crippen LogP contribution >= 0.6 is 0 Å². The fourth-order valence-electron chi connectivity index (χ4n) is 1.42. The maximum atomic E-state index is 11.3. The lowest BCUT2D eigenvalue weighted by atomic mass is 10.2. The zero-order valence-corrected chi connectivity index (χ0v) is 8.13. The minimum Gasteiger partial charge on any atom is -0.352 e. The molecule has 70 valence electrons. The zero-order chi connectivity index (χ0) is 9.14. The Bertz CT molecular complexity index is 168. The summed E-state index contributed by atoms with van der Waals surface area (Å²) in [5.41, 5.74) is 0. The van der Waals surface area contributed by atoms with E-state index < -0.39 is 0 Å². The van der Waals surface area contributed by atoms with Gasteiger partial charge in [-0.05, 0) is 20.0 Å². The SMILES string of the molecule is CC(C)C(=O)N[C@@H]1CCN(C)C1. The maximum Gasteiger partial charge on any atom is 0.222 e. The Morgan fingerprint density at radius 1 is 1.58 bits per heavy atom. The molecule has 1 heterocycles. The molecule has 0 aromatic carbocycles. The van der Waals surface area contributed by atoms with Crippen LogP contribution < -0.4 is 5.32 Å². The van der Waals surface area contributed by atoms with Gasteiger partial charge in [-0.2, -0.15) is 0 Å². The van der Waals surface area contributed by atoms with Gasteiger partial charge >= 0.3 is 0 Å². The molecule has 0 aromatic heterocycles. The smallest absolute Gasteiger partial charge is 0.222 e. The van der Waals surface area contributed by atoms with E-state index in [1.807, 2.05) is 13.8 Å². The van der Waals surface area contributed by atoms with E-state index in [1.54, 1.807) is 0 Å². The second-order valence-electron chi connectivity index (χ2n) is 3.91. The summed E-state index contributed by atoms with van der Waals surface area (Å²) in [5, 5.41) is 3.03. The van der Waals surface area contributed by atoms with Gasteiger partial charge in [-0.15, -0.1) is 0 Å². The van der Waals surface area contributed by atoms with Crippen molar-refractivity contribution in [3.63, 3.8) is 0 Å². The van der Waals surface area contributed by atoms with E-state index in [4.69, 9.17) is 0 Å². The Labute approximate surface area is 74.1 Å². The highest BCUT2D eigenvalue weighted by Crippen LogP contribution is 2.06. The molecule has 0 bridgehead atoms. The summed E-state index contributed by atoms with van der Waals surface area (Å²) in [4.78, 5) is 13.5. The summed E-state index contributed by atoms with van der Waals surface area (Å²) >= 11 is 0. The van der Waals surface area contributed by atoms with Crippen molar-refractivity contribution >= 4 is 5.91 Å². The molecule has 1 saturated heterocycles. The second-order valence-corrected chi connectivity index (χ2v) is 3.91. The molecule has 1 fully saturated rings. The highest BCUT2D eigenvalue weighted by Gasteiger charge is 2.21. The van der Waals surface area contributed by atoms with Crippen LogP contribution in [0.25, 0.3) is 0 Å². The first-order valence-electron chi connectivity index (χ1n) is 4.58. The summed E-state index contributed by atoms with van der Waals surface area (Å²) in [5.74, 6) is 0.284. The summed E-state index contributed by atoms with van der Waals surface area (Å²) in [6, 6.07) is 0.380. The monoisotopic (exact) mass is 170 g/mol. The fraction of sp³-hybridized carbons (Fsp3) is 0.889. The number of likely N-dealkylation sites (tertiary alicyclic amines) is 1. The Kier molecular flexibility index (Phi) is 3.09. The number of nitrogens with one attached hydrogen (secondary N) is 1. The van der Waals surface area contributed by atoms with Crippen molar-refractivity contribution in [2.45, 2.75) is 26.3 Å². The average molecular weight is 170 g/mol. The lowest BCUT2D eigenvalue weighted by Crippen LogP contribution is -2.38. The molecule has 1 amide bonds. The van der Waals surface area contributed by atoms with Gasteiger partial charge in [-0.1, -0.05) is 13.8 Å². The van der Waals surface area contributed by atoms with E-state index in [0.29, 0.717) is 6.04 Å². The van der Waals surface area contributed by atoms with E-state index in [2.05, 4.69) is 17.3 Å². The number of rotatable bonds is 2. The van der Waals surface area contributed by atoms with Gasteiger partial charge < -0.3 is 10.2 Å².